The standard InChI is InChI=1S/C28H35NO6/c1-5-7-17(12-18-8-6-9-19(30)13-18)10-11-23-24-20(16(2)3)14-21-25(22(24)15-35-23)27(32)29(26(21)31)28(33)34-4/h6,8-9,12-13,16,21-23,25,30H,5,7,10-11,14-15H2,1-4H3/b17-12+/t21-,22+,23-,25-/m1/s1. The highest BCUT2D eigenvalue weighted by Crippen LogP contribution is 2.51. The molecule has 0 bridgehead atoms. The van der Waals surface area contributed by atoms with E-state index < -0.39 is 29.7 Å². The van der Waals surface area contributed by atoms with Crippen LogP contribution in [-0.4, -0.2) is 47.7 Å². The number of nitrogens with zero attached hydrogens (tertiary/aromatic N) is 1. The van der Waals surface area contributed by atoms with Crippen molar-refractivity contribution >= 4 is 24.0 Å². The van der Waals surface area contributed by atoms with Gasteiger partial charge in [0.25, 0.3) is 0 Å². The van der Waals surface area contributed by atoms with Crippen LogP contribution in [0.2, 0.25) is 0 Å². The van der Waals surface area contributed by atoms with Gasteiger partial charge in [0, 0.05) is 5.92 Å². The van der Waals surface area contributed by atoms with E-state index in [2.05, 4.69) is 26.8 Å². The number of carbonyl (C=O) groups is 3. The third kappa shape index (κ3) is 4.79. The second-order valence-electron chi connectivity index (χ2n) is 10.1. The van der Waals surface area contributed by atoms with Crippen LogP contribution >= 0.6 is 0 Å². The van der Waals surface area contributed by atoms with E-state index in [1.807, 2.05) is 12.1 Å². The largest absolute Gasteiger partial charge is 0.508 e. The molecule has 7 nitrogen and oxygen atoms in total. The normalized spacial score (nSPS) is 26.4. The lowest BCUT2D eigenvalue weighted by Crippen LogP contribution is -2.38. The van der Waals surface area contributed by atoms with Gasteiger partial charge in [0.1, 0.15) is 5.75 Å². The average Bonchev–Trinajstić information content (AvgIpc) is 3.35. The molecule has 2 saturated heterocycles. The molecule has 1 N–H and O–H groups in total. The zero-order valence-electron chi connectivity index (χ0n) is 21.0. The number of methoxy groups -OCH3 is 1. The minimum atomic E-state index is -0.904. The minimum Gasteiger partial charge on any atom is -0.508 e. The zero-order valence-corrected chi connectivity index (χ0v) is 21.0. The molecule has 1 aliphatic carbocycles. The summed E-state index contributed by atoms with van der Waals surface area (Å²) in [5.41, 5.74) is 4.59. The summed E-state index contributed by atoms with van der Waals surface area (Å²) in [7, 11) is 1.18. The van der Waals surface area contributed by atoms with Crippen LogP contribution in [0.1, 0.15) is 58.4 Å². The Morgan fingerprint density at radius 3 is 2.66 bits per heavy atom. The molecule has 7 heteroatoms. The van der Waals surface area contributed by atoms with E-state index in [4.69, 9.17) is 9.47 Å². The van der Waals surface area contributed by atoms with Gasteiger partial charge in [0.2, 0.25) is 11.8 Å². The fourth-order valence-corrected chi connectivity index (χ4v) is 5.99. The number of hydrogen-bond acceptors (Lipinski definition) is 6. The first-order chi connectivity index (χ1) is 16.8. The van der Waals surface area contributed by atoms with E-state index in [1.54, 1.807) is 12.1 Å². The van der Waals surface area contributed by atoms with Gasteiger partial charge in [0.05, 0.1) is 31.7 Å². The number of likely N-dealkylation sites (tertiary alicyclic amines) is 1. The second-order valence-corrected chi connectivity index (χ2v) is 10.1. The van der Waals surface area contributed by atoms with E-state index in [1.165, 1.54) is 18.3 Å². The Balaban J connectivity index is 1.58. The van der Waals surface area contributed by atoms with Crippen LogP contribution in [0.4, 0.5) is 4.79 Å². The number of benzene rings is 1. The molecule has 2 aliphatic heterocycles. The van der Waals surface area contributed by atoms with Crippen molar-refractivity contribution in [3.8, 4) is 5.75 Å². The van der Waals surface area contributed by atoms with Crippen molar-refractivity contribution in [3.05, 3.63) is 46.5 Å². The number of amides is 3. The predicted molar refractivity (Wildman–Crippen MR) is 131 cm³/mol. The van der Waals surface area contributed by atoms with Crippen molar-refractivity contribution in [1.29, 1.82) is 0 Å². The van der Waals surface area contributed by atoms with Gasteiger partial charge in [-0.2, -0.15) is 4.90 Å². The first-order valence-electron chi connectivity index (χ1n) is 12.5. The SMILES string of the molecule is CCC/C(=C\c1cccc(O)c1)CC[C@H]1OC[C@H]2C1=C(C(C)C)C[C@H]1C(=O)N(C(=O)OC)C(=O)[C@H]12. The van der Waals surface area contributed by atoms with Crippen LogP contribution in [-0.2, 0) is 19.1 Å². The van der Waals surface area contributed by atoms with Crippen molar-refractivity contribution in [2.45, 2.75) is 59.0 Å². The molecule has 1 aromatic carbocycles. The molecule has 1 aromatic rings. The summed E-state index contributed by atoms with van der Waals surface area (Å²) >= 11 is 0. The Labute approximate surface area is 206 Å². The number of fused-ring (bicyclic) bond motifs is 3. The lowest BCUT2D eigenvalue weighted by Gasteiger charge is -2.33. The summed E-state index contributed by atoms with van der Waals surface area (Å²) in [4.78, 5) is 39.0. The topological polar surface area (TPSA) is 93.1 Å². The van der Waals surface area contributed by atoms with Crippen LogP contribution < -0.4 is 0 Å². The summed E-state index contributed by atoms with van der Waals surface area (Å²) < 4.78 is 11.0. The average molecular weight is 482 g/mol. The molecule has 3 amide bonds. The van der Waals surface area contributed by atoms with Gasteiger partial charge in [-0.3, -0.25) is 9.59 Å². The molecular formula is C28H35NO6. The number of hydrogen-bond donors (Lipinski definition) is 1. The Bertz CT molecular complexity index is 1070. The van der Waals surface area contributed by atoms with E-state index in [0.717, 1.165) is 36.8 Å². The molecule has 4 atom stereocenters. The molecule has 2 fully saturated rings. The third-order valence-corrected chi connectivity index (χ3v) is 7.54. The number of phenols is 1. The molecule has 3 aliphatic rings. The Kier molecular flexibility index (Phi) is 7.45. The molecule has 35 heavy (non-hydrogen) atoms. The van der Waals surface area contributed by atoms with Gasteiger partial charge in [-0.15, -0.1) is 0 Å². The Hall–Kier alpha value is -2.93. The summed E-state index contributed by atoms with van der Waals surface area (Å²) in [5.74, 6) is -1.74. The van der Waals surface area contributed by atoms with Crippen molar-refractivity contribution in [3.63, 3.8) is 0 Å². The monoisotopic (exact) mass is 481 g/mol. The lowest BCUT2D eigenvalue weighted by atomic mass is 9.67. The summed E-state index contributed by atoms with van der Waals surface area (Å²) in [6.07, 6.45) is 5.19. The Morgan fingerprint density at radius 2 is 2.00 bits per heavy atom. The van der Waals surface area contributed by atoms with E-state index in [9.17, 15) is 19.5 Å². The summed E-state index contributed by atoms with van der Waals surface area (Å²) in [5, 5.41) is 9.81. The second kappa shape index (κ2) is 10.4. The van der Waals surface area contributed by atoms with Gasteiger partial charge in [-0.05, 0) is 54.9 Å². The minimum absolute atomic E-state index is 0.113. The smallest absolute Gasteiger partial charge is 0.423 e. The fraction of sp³-hybridized carbons (Fsp3) is 0.536. The van der Waals surface area contributed by atoms with Crippen molar-refractivity contribution in [1.82, 2.24) is 4.90 Å². The highest BCUT2D eigenvalue weighted by molar-refractivity contribution is 6.16. The maximum Gasteiger partial charge on any atom is 0.423 e. The molecule has 4 rings (SSSR count). The number of ether oxygens (including phenoxy) is 2. The maximum absolute atomic E-state index is 13.2. The molecule has 0 spiro atoms. The number of phenolic OH excluding ortho intramolecular Hbond substituents is 1. The van der Waals surface area contributed by atoms with Crippen LogP contribution in [0, 0.1) is 23.7 Å². The molecule has 0 saturated carbocycles. The molecule has 188 valence electrons. The molecular weight excluding hydrogens is 446 g/mol. The highest BCUT2D eigenvalue weighted by atomic mass is 16.5. The fourth-order valence-electron chi connectivity index (χ4n) is 5.99. The van der Waals surface area contributed by atoms with Crippen LogP contribution in [0.3, 0.4) is 0 Å². The van der Waals surface area contributed by atoms with Crippen molar-refractivity contribution in [2.24, 2.45) is 23.7 Å². The van der Waals surface area contributed by atoms with Crippen molar-refractivity contribution < 1.29 is 29.0 Å². The number of allylic oxidation sites excluding steroid dienone is 2. The van der Waals surface area contributed by atoms with Crippen LogP contribution in [0.5, 0.6) is 5.75 Å². The number of rotatable bonds is 7. The van der Waals surface area contributed by atoms with Gasteiger partial charge < -0.3 is 14.6 Å². The first-order valence-corrected chi connectivity index (χ1v) is 12.5. The molecule has 0 unspecified atom stereocenters. The lowest BCUT2D eigenvalue weighted by molar-refractivity contribution is -0.137. The van der Waals surface area contributed by atoms with Gasteiger partial charge >= 0.3 is 6.09 Å². The molecule has 2 heterocycles. The molecule has 0 radical (unpaired) electrons. The highest BCUT2D eigenvalue weighted by Gasteiger charge is 2.59. The Morgan fingerprint density at radius 1 is 1.23 bits per heavy atom. The van der Waals surface area contributed by atoms with Crippen LogP contribution in [0.25, 0.3) is 6.08 Å². The quantitative estimate of drug-likeness (QED) is 0.430. The van der Waals surface area contributed by atoms with Gasteiger partial charge in [-0.1, -0.05) is 56.5 Å². The van der Waals surface area contributed by atoms with E-state index in [-0.39, 0.29) is 23.7 Å². The third-order valence-electron chi connectivity index (χ3n) is 7.54. The predicted octanol–water partition coefficient (Wildman–Crippen LogP) is 5.09. The first kappa shape index (κ1) is 25.2. The van der Waals surface area contributed by atoms with Crippen LogP contribution in [0.15, 0.2) is 41.0 Å². The number of carbonyl (C=O) groups excluding carboxylic acids is 3. The zero-order chi connectivity index (χ0) is 25.3. The van der Waals surface area contributed by atoms with Gasteiger partial charge in [0.15, 0.2) is 0 Å². The van der Waals surface area contributed by atoms with E-state index in [0.29, 0.717) is 17.9 Å². The summed E-state index contributed by atoms with van der Waals surface area (Å²) in [6.45, 7) is 6.75. The van der Waals surface area contributed by atoms with E-state index >= 15 is 0 Å². The van der Waals surface area contributed by atoms with Crippen molar-refractivity contribution in [2.75, 3.05) is 13.7 Å². The molecule has 0 aromatic heterocycles. The number of imide groups is 3. The van der Waals surface area contributed by atoms with Gasteiger partial charge in [-0.25, -0.2) is 4.79 Å². The summed E-state index contributed by atoms with van der Waals surface area (Å²) in [6, 6.07) is 7.24. The number of aromatic hydroxyl groups is 1. The maximum atomic E-state index is 13.2.